The normalized spacial score (nSPS) is 15.6. The molecule has 1 amide bonds. The fraction of sp³-hybridized carbons (Fsp3) is 0.438. The zero-order chi connectivity index (χ0) is 16.4. The number of rotatable bonds is 3. The molecule has 122 valence electrons. The monoisotopic (exact) mass is 333 g/mol. The van der Waals surface area contributed by atoms with Gasteiger partial charge >= 0.3 is 0 Å². The Hall–Kier alpha value is -1.92. The molecule has 1 aliphatic rings. The number of nitrogens with one attached hydrogen (secondary N) is 2. The number of amides is 1. The number of hydrogen-bond donors (Lipinski definition) is 2. The molecule has 0 aliphatic carbocycles. The van der Waals surface area contributed by atoms with Gasteiger partial charge in [-0.3, -0.25) is 4.79 Å². The number of aromatic nitrogens is 3. The van der Waals surface area contributed by atoms with Gasteiger partial charge < -0.3 is 10.6 Å². The Labute approximate surface area is 140 Å². The summed E-state index contributed by atoms with van der Waals surface area (Å²) in [6, 6.07) is 5.81. The Morgan fingerprint density at radius 2 is 2.09 bits per heavy atom. The van der Waals surface area contributed by atoms with E-state index >= 15 is 0 Å². The van der Waals surface area contributed by atoms with Gasteiger partial charge in [-0.25, -0.2) is 4.68 Å². The molecule has 1 saturated heterocycles. The third-order valence-electron chi connectivity index (χ3n) is 4.17. The van der Waals surface area contributed by atoms with Crippen molar-refractivity contribution in [2.24, 2.45) is 0 Å². The van der Waals surface area contributed by atoms with E-state index in [0.29, 0.717) is 22.4 Å². The number of carbonyl (C=O) groups excluding carboxylic acids is 1. The molecule has 2 heterocycles. The second-order valence-electron chi connectivity index (χ2n) is 5.89. The van der Waals surface area contributed by atoms with Gasteiger partial charge in [-0.15, -0.1) is 5.10 Å². The van der Waals surface area contributed by atoms with Crippen LogP contribution in [0, 0.1) is 13.8 Å². The van der Waals surface area contributed by atoms with Gasteiger partial charge in [0.05, 0.1) is 22.4 Å². The smallest absolute Gasteiger partial charge is 0.278 e. The fourth-order valence-electron chi connectivity index (χ4n) is 2.87. The molecular weight excluding hydrogens is 314 g/mol. The fourth-order valence-corrected chi connectivity index (χ4v) is 3.03. The summed E-state index contributed by atoms with van der Waals surface area (Å²) in [4.78, 5) is 12.5. The number of anilines is 1. The average molecular weight is 334 g/mol. The minimum Gasteiger partial charge on any atom is -0.319 e. The van der Waals surface area contributed by atoms with Crippen LogP contribution in [-0.2, 0) is 0 Å². The predicted molar refractivity (Wildman–Crippen MR) is 90.0 cm³/mol. The van der Waals surface area contributed by atoms with Gasteiger partial charge in [0, 0.05) is 0 Å². The van der Waals surface area contributed by atoms with E-state index in [0.717, 1.165) is 37.2 Å². The first-order valence-electron chi connectivity index (χ1n) is 7.76. The molecule has 2 aromatic rings. The van der Waals surface area contributed by atoms with E-state index in [1.54, 1.807) is 6.07 Å². The van der Waals surface area contributed by atoms with Gasteiger partial charge in [0.25, 0.3) is 5.91 Å². The van der Waals surface area contributed by atoms with Crippen molar-refractivity contribution in [2.45, 2.75) is 32.7 Å². The largest absolute Gasteiger partial charge is 0.319 e. The SMILES string of the molecule is Cc1ccc(Cl)c(NC(=O)c2nnn(C3CCNCC3)c2C)c1. The molecule has 0 atom stereocenters. The van der Waals surface area contributed by atoms with Crippen LogP contribution in [0.5, 0.6) is 0 Å². The lowest BCUT2D eigenvalue weighted by molar-refractivity contribution is 0.102. The van der Waals surface area contributed by atoms with Crippen LogP contribution < -0.4 is 10.6 Å². The van der Waals surface area contributed by atoms with Crippen LogP contribution in [0.25, 0.3) is 0 Å². The van der Waals surface area contributed by atoms with Gasteiger partial charge in [-0.1, -0.05) is 22.9 Å². The summed E-state index contributed by atoms with van der Waals surface area (Å²) in [6.45, 7) is 5.76. The number of benzene rings is 1. The summed E-state index contributed by atoms with van der Waals surface area (Å²) in [5, 5.41) is 14.9. The van der Waals surface area contributed by atoms with Crippen molar-refractivity contribution < 1.29 is 4.79 Å². The maximum Gasteiger partial charge on any atom is 0.278 e. The van der Waals surface area contributed by atoms with Crippen molar-refractivity contribution in [1.29, 1.82) is 0 Å². The molecule has 0 bridgehead atoms. The number of aryl methyl sites for hydroxylation is 1. The van der Waals surface area contributed by atoms with E-state index in [-0.39, 0.29) is 5.91 Å². The van der Waals surface area contributed by atoms with Crippen LogP contribution >= 0.6 is 11.6 Å². The molecule has 7 heteroatoms. The summed E-state index contributed by atoms with van der Waals surface area (Å²) in [6.07, 6.45) is 1.99. The molecule has 0 unspecified atom stereocenters. The van der Waals surface area contributed by atoms with Crippen LogP contribution in [0.15, 0.2) is 18.2 Å². The Bertz CT molecular complexity index is 721. The molecule has 2 N–H and O–H groups in total. The zero-order valence-corrected chi connectivity index (χ0v) is 14.0. The summed E-state index contributed by atoms with van der Waals surface area (Å²) in [7, 11) is 0. The van der Waals surface area contributed by atoms with Crippen LogP contribution in [0.3, 0.4) is 0 Å². The second kappa shape index (κ2) is 6.68. The van der Waals surface area contributed by atoms with Crippen molar-refractivity contribution in [3.63, 3.8) is 0 Å². The molecule has 6 nitrogen and oxygen atoms in total. The Kier molecular flexibility index (Phi) is 4.63. The molecule has 0 saturated carbocycles. The van der Waals surface area contributed by atoms with Gasteiger partial charge in [0.2, 0.25) is 0 Å². The maximum atomic E-state index is 12.5. The van der Waals surface area contributed by atoms with Crippen LogP contribution in [0.4, 0.5) is 5.69 Å². The topological polar surface area (TPSA) is 71.8 Å². The van der Waals surface area contributed by atoms with Gasteiger partial charge in [-0.05, 0) is 57.5 Å². The zero-order valence-electron chi connectivity index (χ0n) is 13.3. The highest BCUT2D eigenvalue weighted by Gasteiger charge is 2.23. The first kappa shape index (κ1) is 16.0. The van der Waals surface area contributed by atoms with E-state index in [9.17, 15) is 4.79 Å². The number of hydrogen-bond acceptors (Lipinski definition) is 4. The molecule has 1 aliphatic heterocycles. The maximum absolute atomic E-state index is 12.5. The first-order chi connectivity index (χ1) is 11.1. The third kappa shape index (κ3) is 3.38. The quantitative estimate of drug-likeness (QED) is 0.906. The molecule has 3 rings (SSSR count). The molecule has 23 heavy (non-hydrogen) atoms. The van der Waals surface area contributed by atoms with E-state index in [4.69, 9.17) is 11.6 Å². The molecular formula is C16H20ClN5O. The Balaban J connectivity index is 1.80. The highest BCUT2D eigenvalue weighted by Crippen LogP contribution is 2.24. The third-order valence-corrected chi connectivity index (χ3v) is 4.50. The standard InChI is InChI=1S/C16H20ClN5O/c1-10-3-4-13(17)14(9-10)19-16(23)15-11(2)22(21-20-15)12-5-7-18-8-6-12/h3-4,9,12,18H,5-8H2,1-2H3,(H,19,23). The highest BCUT2D eigenvalue weighted by molar-refractivity contribution is 6.33. The number of piperidine rings is 1. The lowest BCUT2D eigenvalue weighted by atomic mass is 10.1. The number of carbonyl (C=O) groups is 1. The van der Waals surface area contributed by atoms with Gasteiger partial charge in [0.15, 0.2) is 5.69 Å². The molecule has 1 aromatic carbocycles. The molecule has 1 aromatic heterocycles. The van der Waals surface area contributed by atoms with E-state index in [1.165, 1.54) is 0 Å². The van der Waals surface area contributed by atoms with Gasteiger partial charge in [0.1, 0.15) is 0 Å². The minimum absolute atomic E-state index is 0.282. The number of nitrogens with zero attached hydrogens (tertiary/aromatic N) is 3. The van der Waals surface area contributed by atoms with Crippen LogP contribution in [0.1, 0.15) is 40.6 Å². The molecule has 0 radical (unpaired) electrons. The summed E-state index contributed by atoms with van der Waals surface area (Å²) in [5.41, 5.74) is 2.76. The Morgan fingerprint density at radius 1 is 1.35 bits per heavy atom. The Morgan fingerprint density at radius 3 is 2.83 bits per heavy atom. The minimum atomic E-state index is -0.282. The lowest BCUT2D eigenvalue weighted by Crippen LogP contribution is -2.30. The van der Waals surface area contributed by atoms with Crippen molar-refractivity contribution in [1.82, 2.24) is 20.3 Å². The van der Waals surface area contributed by atoms with E-state index in [2.05, 4.69) is 20.9 Å². The first-order valence-corrected chi connectivity index (χ1v) is 8.14. The second-order valence-corrected chi connectivity index (χ2v) is 6.29. The summed E-state index contributed by atoms with van der Waals surface area (Å²) < 4.78 is 1.87. The van der Waals surface area contributed by atoms with E-state index in [1.807, 2.05) is 30.7 Å². The molecule has 1 fully saturated rings. The van der Waals surface area contributed by atoms with Crippen molar-refractivity contribution in [3.8, 4) is 0 Å². The van der Waals surface area contributed by atoms with Crippen molar-refractivity contribution in [2.75, 3.05) is 18.4 Å². The van der Waals surface area contributed by atoms with Gasteiger partial charge in [-0.2, -0.15) is 0 Å². The van der Waals surface area contributed by atoms with Crippen LogP contribution in [-0.4, -0.2) is 34.0 Å². The van der Waals surface area contributed by atoms with Crippen molar-refractivity contribution >= 4 is 23.2 Å². The van der Waals surface area contributed by atoms with E-state index < -0.39 is 0 Å². The van der Waals surface area contributed by atoms with Crippen LogP contribution in [0.2, 0.25) is 5.02 Å². The average Bonchev–Trinajstić information content (AvgIpc) is 2.93. The summed E-state index contributed by atoms with van der Waals surface area (Å²) in [5.74, 6) is -0.282. The van der Waals surface area contributed by atoms with Crippen molar-refractivity contribution in [3.05, 3.63) is 40.2 Å². The molecule has 0 spiro atoms. The summed E-state index contributed by atoms with van der Waals surface area (Å²) >= 11 is 6.13. The highest BCUT2D eigenvalue weighted by atomic mass is 35.5. The lowest BCUT2D eigenvalue weighted by Gasteiger charge is -2.23. The predicted octanol–water partition coefficient (Wildman–Crippen LogP) is 2.73. The number of halogens is 1.